The molecule has 0 aromatic rings. The van der Waals surface area contributed by atoms with Crippen LogP contribution in [0.25, 0.3) is 0 Å². The molecule has 0 spiro atoms. The van der Waals surface area contributed by atoms with E-state index in [-0.39, 0.29) is 0 Å². The molecule has 1 aliphatic rings. The number of halogens is 8. The lowest BCUT2D eigenvalue weighted by atomic mass is 10.1. The Balaban J connectivity index is 2.91. The largest absolute Gasteiger partial charge is 0.460 e. The molecule has 1 nitrogen and oxygen atoms in total. The third-order valence-corrected chi connectivity index (χ3v) is 2.09. The summed E-state index contributed by atoms with van der Waals surface area (Å²) in [5, 5.41) is 0. The summed E-state index contributed by atoms with van der Waals surface area (Å²) in [6, 6.07) is 0. The Bertz CT molecular complexity index is 302. The van der Waals surface area contributed by atoms with Gasteiger partial charge in [-0.3, -0.25) is 0 Å². The highest BCUT2D eigenvalue weighted by Crippen LogP contribution is 2.48. The molecular formula is C7H5F8N. The van der Waals surface area contributed by atoms with Gasteiger partial charge in [0.1, 0.15) is 18.0 Å². The molecule has 0 N–H and O–H groups in total. The fourth-order valence-electron chi connectivity index (χ4n) is 1.22. The molecule has 0 aliphatic carbocycles. The van der Waals surface area contributed by atoms with Crippen molar-refractivity contribution in [1.82, 2.24) is 4.90 Å². The van der Waals surface area contributed by atoms with Crippen molar-refractivity contribution in [1.29, 1.82) is 0 Å². The van der Waals surface area contributed by atoms with E-state index < -0.39 is 48.0 Å². The molecule has 0 aromatic carbocycles. The monoisotopic (exact) mass is 255 g/mol. The van der Waals surface area contributed by atoms with E-state index in [0.717, 1.165) is 0 Å². The Hall–Kier alpha value is -0.860. The number of allylic oxidation sites excluding steroid dienone is 1. The zero-order chi connectivity index (χ0) is 12.8. The summed E-state index contributed by atoms with van der Waals surface area (Å²) in [7, 11) is 0. The number of nitrogens with zero attached hydrogens (tertiary/aromatic N) is 1. The first kappa shape index (κ1) is 13.2. The summed E-state index contributed by atoms with van der Waals surface area (Å²) >= 11 is 0. The van der Waals surface area contributed by atoms with Crippen molar-refractivity contribution in [2.75, 3.05) is 13.2 Å². The zero-order valence-electron chi connectivity index (χ0n) is 7.46. The third-order valence-electron chi connectivity index (χ3n) is 2.09. The van der Waals surface area contributed by atoms with Gasteiger partial charge < -0.3 is 0 Å². The highest BCUT2D eigenvalue weighted by molar-refractivity contribution is 5.27. The van der Waals surface area contributed by atoms with Crippen LogP contribution in [0.3, 0.4) is 0 Å². The van der Waals surface area contributed by atoms with Crippen LogP contribution in [0.5, 0.6) is 0 Å². The second kappa shape index (κ2) is 3.57. The van der Waals surface area contributed by atoms with Crippen LogP contribution in [0.2, 0.25) is 0 Å². The summed E-state index contributed by atoms with van der Waals surface area (Å²) in [5.41, 5.74) is -2.83. The second-order valence-corrected chi connectivity index (χ2v) is 3.25. The van der Waals surface area contributed by atoms with Crippen LogP contribution in [0, 0.1) is 0 Å². The molecule has 9 heteroatoms. The molecule has 2 unspecified atom stereocenters. The number of rotatable bonds is 2. The third kappa shape index (κ3) is 2.45. The maximum atomic E-state index is 12.9. The molecule has 0 aromatic heterocycles. The Labute approximate surface area is 84.3 Å². The number of alkyl halides is 7. The van der Waals surface area contributed by atoms with Gasteiger partial charge >= 0.3 is 12.5 Å². The van der Waals surface area contributed by atoms with Gasteiger partial charge in [-0.15, -0.1) is 0 Å². The van der Waals surface area contributed by atoms with Crippen molar-refractivity contribution in [2.24, 2.45) is 0 Å². The molecule has 0 bridgehead atoms. The van der Waals surface area contributed by atoms with E-state index in [4.69, 9.17) is 0 Å². The standard InChI is InChI=1S/C7H5F8N/c8-2-5(3-16(5)7(13,14)15)4(9)1-6(10,11)12/h1H,2-3H2/b4-1-. The minimum atomic E-state index is -5.12. The van der Waals surface area contributed by atoms with Crippen LogP contribution in [-0.4, -0.2) is 36.1 Å². The highest BCUT2D eigenvalue weighted by Gasteiger charge is 2.67. The topological polar surface area (TPSA) is 3.01 Å². The molecule has 16 heavy (non-hydrogen) atoms. The van der Waals surface area contributed by atoms with Crippen molar-refractivity contribution in [3.8, 4) is 0 Å². The molecule has 1 heterocycles. The summed E-state index contributed by atoms with van der Waals surface area (Å²) in [5.74, 6) is -2.17. The fraction of sp³-hybridized carbons (Fsp3) is 0.714. The Morgan fingerprint density at radius 1 is 1.19 bits per heavy atom. The van der Waals surface area contributed by atoms with Gasteiger partial charge in [-0.25, -0.2) is 8.78 Å². The van der Waals surface area contributed by atoms with Crippen molar-refractivity contribution < 1.29 is 35.1 Å². The van der Waals surface area contributed by atoms with Crippen molar-refractivity contribution >= 4 is 0 Å². The maximum Gasteiger partial charge on any atom is 0.460 e. The van der Waals surface area contributed by atoms with Crippen LogP contribution in [0.1, 0.15) is 0 Å². The molecule has 1 fully saturated rings. The molecule has 0 amide bonds. The summed E-state index contributed by atoms with van der Waals surface area (Å²) in [6.45, 7) is -3.02. The molecular weight excluding hydrogens is 250 g/mol. The van der Waals surface area contributed by atoms with Gasteiger partial charge in [-0.05, 0) is 0 Å². The van der Waals surface area contributed by atoms with Crippen molar-refractivity contribution in [2.45, 2.75) is 18.0 Å². The average molecular weight is 255 g/mol. The first-order chi connectivity index (χ1) is 7.03. The fourth-order valence-corrected chi connectivity index (χ4v) is 1.22. The van der Waals surface area contributed by atoms with Crippen molar-refractivity contribution in [3.63, 3.8) is 0 Å². The van der Waals surface area contributed by atoms with Gasteiger partial charge in [-0.1, -0.05) is 0 Å². The predicted octanol–water partition coefficient (Wildman–Crippen LogP) is 2.95. The molecule has 0 saturated carbocycles. The molecule has 1 saturated heterocycles. The van der Waals surface area contributed by atoms with E-state index in [1.807, 2.05) is 0 Å². The predicted molar refractivity (Wildman–Crippen MR) is 36.7 cm³/mol. The van der Waals surface area contributed by atoms with Crippen LogP contribution < -0.4 is 0 Å². The number of hydrogen-bond acceptors (Lipinski definition) is 1. The molecule has 1 rings (SSSR count). The van der Waals surface area contributed by atoms with Gasteiger partial charge in [0.25, 0.3) is 0 Å². The van der Waals surface area contributed by atoms with Gasteiger partial charge in [0.2, 0.25) is 0 Å². The van der Waals surface area contributed by atoms with Crippen LogP contribution in [0.4, 0.5) is 35.1 Å². The van der Waals surface area contributed by atoms with E-state index in [2.05, 4.69) is 0 Å². The summed E-state index contributed by atoms with van der Waals surface area (Å²) < 4.78 is 96.2. The Kier molecular flexibility index (Phi) is 2.95. The highest BCUT2D eigenvalue weighted by atomic mass is 19.4. The lowest BCUT2D eigenvalue weighted by molar-refractivity contribution is -0.214. The maximum absolute atomic E-state index is 12.9. The summed E-state index contributed by atoms with van der Waals surface area (Å²) in [6.07, 6.45) is -11.1. The second-order valence-electron chi connectivity index (χ2n) is 3.25. The molecule has 0 radical (unpaired) electrons. The van der Waals surface area contributed by atoms with Crippen LogP contribution >= 0.6 is 0 Å². The average Bonchev–Trinajstić information content (AvgIpc) is 2.74. The van der Waals surface area contributed by atoms with Gasteiger partial charge in [0, 0.05) is 6.54 Å². The quantitative estimate of drug-likeness (QED) is 0.416. The molecule has 94 valence electrons. The lowest BCUT2D eigenvalue weighted by Crippen LogP contribution is -2.32. The van der Waals surface area contributed by atoms with Crippen LogP contribution in [0.15, 0.2) is 11.9 Å². The smallest absolute Gasteiger partial charge is 0.249 e. The SMILES string of the molecule is FCC1(/C(F)=C/C(F)(F)F)CN1C(F)(F)F. The lowest BCUT2D eigenvalue weighted by Gasteiger charge is -2.15. The Morgan fingerprint density at radius 2 is 1.69 bits per heavy atom. The van der Waals surface area contributed by atoms with E-state index in [1.54, 1.807) is 0 Å². The molecule has 1 aliphatic heterocycles. The first-order valence-electron chi connectivity index (χ1n) is 3.89. The first-order valence-corrected chi connectivity index (χ1v) is 3.89. The molecule has 2 atom stereocenters. The van der Waals surface area contributed by atoms with Gasteiger partial charge in [-0.2, -0.15) is 31.2 Å². The van der Waals surface area contributed by atoms with Crippen LogP contribution in [-0.2, 0) is 0 Å². The number of hydrogen-bond donors (Lipinski definition) is 0. The Morgan fingerprint density at radius 3 is 1.94 bits per heavy atom. The van der Waals surface area contributed by atoms with E-state index in [1.165, 1.54) is 0 Å². The van der Waals surface area contributed by atoms with Gasteiger partial charge in [0.05, 0.1) is 6.08 Å². The zero-order valence-corrected chi connectivity index (χ0v) is 7.46. The minimum absolute atomic E-state index is 0.627. The minimum Gasteiger partial charge on any atom is -0.249 e. The summed E-state index contributed by atoms with van der Waals surface area (Å²) in [4.78, 5) is -0.627. The van der Waals surface area contributed by atoms with E-state index in [9.17, 15) is 35.1 Å². The van der Waals surface area contributed by atoms with E-state index >= 15 is 0 Å². The van der Waals surface area contributed by atoms with Crippen molar-refractivity contribution in [3.05, 3.63) is 11.9 Å². The normalized spacial score (nSPS) is 31.8. The van der Waals surface area contributed by atoms with E-state index in [0.29, 0.717) is 0 Å². The van der Waals surface area contributed by atoms with Gasteiger partial charge in [0.15, 0.2) is 0 Å².